The van der Waals surface area contributed by atoms with Gasteiger partial charge in [0.05, 0.1) is 7.11 Å². The van der Waals surface area contributed by atoms with E-state index in [4.69, 9.17) is 16.2 Å². The highest BCUT2D eigenvalue weighted by molar-refractivity contribution is 5.53. The van der Waals surface area contributed by atoms with Crippen molar-refractivity contribution in [3.8, 4) is 11.5 Å². The van der Waals surface area contributed by atoms with E-state index in [2.05, 4.69) is 0 Å². The molecule has 0 bridgehead atoms. The zero-order valence-corrected chi connectivity index (χ0v) is 9.37. The van der Waals surface area contributed by atoms with Crippen LogP contribution in [0.15, 0.2) is 6.07 Å². The van der Waals surface area contributed by atoms with Crippen molar-refractivity contribution in [3.63, 3.8) is 0 Å². The second-order valence-electron chi connectivity index (χ2n) is 3.63. The van der Waals surface area contributed by atoms with E-state index in [0.717, 1.165) is 16.9 Å². The van der Waals surface area contributed by atoms with Crippen LogP contribution in [0.3, 0.4) is 0 Å². The van der Waals surface area contributed by atoms with Crippen molar-refractivity contribution in [3.05, 3.63) is 22.8 Å². The lowest BCUT2D eigenvalue weighted by Gasteiger charge is -2.18. The number of hydrogen-bond donors (Lipinski definition) is 3. The SMILES string of the molecule is COc1c(C)cc(O)c([C@H](N)CN)c1C. The minimum Gasteiger partial charge on any atom is -0.508 e. The maximum absolute atomic E-state index is 9.80. The third kappa shape index (κ3) is 2.06. The lowest BCUT2D eigenvalue weighted by Crippen LogP contribution is -2.22. The Kier molecular flexibility index (Phi) is 3.55. The monoisotopic (exact) mass is 210 g/mol. The van der Waals surface area contributed by atoms with Crippen molar-refractivity contribution in [2.75, 3.05) is 13.7 Å². The minimum atomic E-state index is -0.362. The van der Waals surface area contributed by atoms with Crippen LogP contribution in [-0.2, 0) is 0 Å². The van der Waals surface area contributed by atoms with Crippen molar-refractivity contribution < 1.29 is 9.84 Å². The summed E-state index contributed by atoms with van der Waals surface area (Å²) in [6, 6.07) is 1.29. The Morgan fingerprint density at radius 1 is 1.47 bits per heavy atom. The third-order valence-electron chi connectivity index (χ3n) is 2.56. The van der Waals surface area contributed by atoms with Crippen LogP contribution in [0, 0.1) is 13.8 Å². The molecule has 0 saturated carbocycles. The van der Waals surface area contributed by atoms with Crippen molar-refractivity contribution in [2.24, 2.45) is 11.5 Å². The average Bonchev–Trinajstić information content (AvgIpc) is 2.17. The molecule has 0 spiro atoms. The molecule has 0 saturated heterocycles. The summed E-state index contributed by atoms with van der Waals surface area (Å²) in [5, 5.41) is 9.80. The molecular weight excluding hydrogens is 192 g/mol. The van der Waals surface area contributed by atoms with Gasteiger partial charge < -0.3 is 21.3 Å². The summed E-state index contributed by atoms with van der Waals surface area (Å²) in [6.07, 6.45) is 0. The minimum absolute atomic E-state index is 0.184. The summed E-state index contributed by atoms with van der Waals surface area (Å²) in [5.74, 6) is 0.940. The van der Waals surface area contributed by atoms with Gasteiger partial charge in [-0.2, -0.15) is 0 Å². The lowest BCUT2D eigenvalue weighted by atomic mass is 9.97. The van der Waals surface area contributed by atoms with Crippen LogP contribution in [0.5, 0.6) is 11.5 Å². The second-order valence-corrected chi connectivity index (χ2v) is 3.63. The number of methoxy groups -OCH3 is 1. The van der Waals surface area contributed by atoms with Gasteiger partial charge in [0.15, 0.2) is 0 Å². The summed E-state index contributed by atoms with van der Waals surface area (Å²) in [4.78, 5) is 0. The van der Waals surface area contributed by atoms with Gasteiger partial charge in [-0.25, -0.2) is 0 Å². The zero-order chi connectivity index (χ0) is 11.6. The number of phenolic OH excluding ortho intramolecular Hbond substituents is 1. The van der Waals surface area contributed by atoms with E-state index in [1.807, 2.05) is 13.8 Å². The molecule has 1 rings (SSSR count). The molecule has 0 aliphatic rings. The van der Waals surface area contributed by atoms with Gasteiger partial charge in [0.2, 0.25) is 0 Å². The Morgan fingerprint density at radius 3 is 2.53 bits per heavy atom. The first-order chi connectivity index (χ1) is 7.02. The molecule has 0 unspecified atom stereocenters. The van der Waals surface area contributed by atoms with E-state index in [-0.39, 0.29) is 11.8 Å². The van der Waals surface area contributed by atoms with Crippen molar-refractivity contribution in [1.82, 2.24) is 0 Å². The van der Waals surface area contributed by atoms with Gasteiger partial charge in [0.1, 0.15) is 11.5 Å². The summed E-state index contributed by atoms with van der Waals surface area (Å²) in [5.41, 5.74) is 13.7. The molecule has 0 heterocycles. The molecule has 4 heteroatoms. The topological polar surface area (TPSA) is 81.5 Å². The summed E-state index contributed by atoms with van der Waals surface area (Å²) < 4.78 is 5.26. The molecule has 4 nitrogen and oxygen atoms in total. The number of aromatic hydroxyl groups is 1. The van der Waals surface area contributed by atoms with E-state index in [1.165, 1.54) is 0 Å². The van der Waals surface area contributed by atoms with Crippen LogP contribution in [-0.4, -0.2) is 18.8 Å². The highest BCUT2D eigenvalue weighted by Gasteiger charge is 2.17. The Hall–Kier alpha value is -1.26. The van der Waals surface area contributed by atoms with Crippen molar-refractivity contribution in [1.29, 1.82) is 0 Å². The number of nitrogens with two attached hydrogens (primary N) is 2. The second kappa shape index (κ2) is 4.51. The molecule has 1 aromatic rings. The number of phenols is 1. The molecule has 0 fully saturated rings. The van der Waals surface area contributed by atoms with Gasteiger partial charge in [0.25, 0.3) is 0 Å². The molecule has 0 amide bonds. The summed E-state index contributed by atoms with van der Waals surface area (Å²) >= 11 is 0. The molecule has 0 aliphatic carbocycles. The third-order valence-corrected chi connectivity index (χ3v) is 2.56. The lowest BCUT2D eigenvalue weighted by molar-refractivity contribution is 0.402. The molecule has 5 N–H and O–H groups in total. The fourth-order valence-corrected chi connectivity index (χ4v) is 1.86. The van der Waals surface area contributed by atoms with E-state index >= 15 is 0 Å². The van der Waals surface area contributed by atoms with Gasteiger partial charge in [-0.3, -0.25) is 0 Å². The molecule has 0 aliphatic heterocycles. The number of ether oxygens (including phenoxy) is 1. The quantitative estimate of drug-likeness (QED) is 0.694. The maximum Gasteiger partial charge on any atom is 0.125 e. The molecule has 84 valence electrons. The predicted molar refractivity (Wildman–Crippen MR) is 60.1 cm³/mol. The normalized spacial score (nSPS) is 12.6. The Morgan fingerprint density at radius 2 is 2.07 bits per heavy atom. The van der Waals surface area contributed by atoms with Gasteiger partial charge >= 0.3 is 0 Å². The number of aryl methyl sites for hydroxylation is 1. The Bertz CT molecular complexity index is 364. The predicted octanol–water partition coefficient (Wildman–Crippen LogP) is 0.976. The zero-order valence-electron chi connectivity index (χ0n) is 9.37. The fourth-order valence-electron chi connectivity index (χ4n) is 1.86. The first kappa shape index (κ1) is 11.8. The molecule has 1 atom stereocenters. The van der Waals surface area contributed by atoms with E-state index in [0.29, 0.717) is 12.1 Å². The fraction of sp³-hybridized carbons (Fsp3) is 0.455. The Balaban J connectivity index is 3.38. The standard InChI is InChI=1S/C11H18N2O2/c1-6-4-9(14)10(8(13)5-12)7(2)11(6)15-3/h4,8,14H,5,12-13H2,1-3H3/t8-/m1/s1. The molecule has 15 heavy (non-hydrogen) atoms. The number of benzene rings is 1. The van der Waals surface area contributed by atoms with Gasteiger partial charge in [-0.05, 0) is 31.0 Å². The smallest absolute Gasteiger partial charge is 0.125 e. The van der Waals surface area contributed by atoms with Crippen molar-refractivity contribution in [2.45, 2.75) is 19.9 Å². The molecule has 1 aromatic carbocycles. The number of hydrogen-bond acceptors (Lipinski definition) is 4. The van der Waals surface area contributed by atoms with E-state index in [1.54, 1.807) is 13.2 Å². The van der Waals surface area contributed by atoms with E-state index in [9.17, 15) is 5.11 Å². The maximum atomic E-state index is 9.80. The highest BCUT2D eigenvalue weighted by atomic mass is 16.5. The molecule has 0 aromatic heterocycles. The van der Waals surface area contributed by atoms with Crippen LogP contribution in [0.2, 0.25) is 0 Å². The van der Waals surface area contributed by atoms with Gasteiger partial charge in [-0.1, -0.05) is 0 Å². The average molecular weight is 210 g/mol. The van der Waals surface area contributed by atoms with Crippen LogP contribution >= 0.6 is 0 Å². The van der Waals surface area contributed by atoms with Gasteiger partial charge in [-0.15, -0.1) is 0 Å². The van der Waals surface area contributed by atoms with Crippen LogP contribution in [0.4, 0.5) is 0 Å². The van der Waals surface area contributed by atoms with Crippen LogP contribution in [0.25, 0.3) is 0 Å². The Labute approximate surface area is 89.8 Å². The van der Waals surface area contributed by atoms with Crippen molar-refractivity contribution >= 4 is 0 Å². The highest BCUT2D eigenvalue weighted by Crippen LogP contribution is 2.35. The van der Waals surface area contributed by atoms with E-state index < -0.39 is 0 Å². The van der Waals surface area contributed by atoms with Crippen LogP contribution < -0.4 is 16.2 Å². The largest absolute Gasteiger partial charge is 0.508 e. The van der Waals surface area contributed by atoms with Crippen LogP contribution in [0.1, 0.15) is 22.7 Å². The molecular formula is C11H18N2O2. The molecule has 0 radical (unpaired) electrons. The first-order valence-electron chi connectivity index (χ1n) is 4.85. The first-order valence-corrected chi connectivity index (χ1v) is 4.85. The summed E-state index contributed by atoms with van der Waals surface area (Å²) in [7, 11) is 1.60. The summed E-state index contributed by atoms with van der Waals surface area (Å²) in [6.45, 7) is 4.04. The van der Waals surface area contributed by atoms with Gasteiger partial charge in [0, 0.05) is 18.2 Å². The number of rotatable bonds is 3.